The van der Waals surface area contributed by atoms with Gasteiger partial charge in [0.1, 0.15) is 0 Å². The topological polar surface area (TPSA) is 56.3 Å². The van der Waals surface area contributed by atoms with Crippen LogP contribution in [-0.4, -0.2) is 26.8 Å². The first kappa shape index (κ1) is 19.2. The fraction of sp³-hybridized carbons (Fsp3) is 0.188. The molecular weight excluding hydrogens is 386 g/mol. The predicted molar refractivity (Wildman–Crippen MR) is 102 cm³/mol. The normalized spacial score (nSPS) is 11.2. The molecule has 0 N–H and O–H groups in total. The summed E-state index contributed by atoms with van der Waals surface area (Å²) in [5.41, 5.74) is 2.02. The van der Waals surface area contributed by atoms with Gasteiger partial charge in [-0.3, -0.25) is 4.18 Å². The smallest absolute Gasteiger partial charge is 0.270 e. The fourth-order valence-electron chi connectivity index (χ4n) is 1.77. The molecule has 0 saturated carbocycles. The van der Waals surface area contributed by atoms with E-state index in [4.69, 9.17) is 11.6 Å². The second-order valence-corrected chi connectivity index (χ2v) is 8.96. The zero-order chi connectivity index (χ0) is 17.7. The molecular formula is C16H16ClNO3S3. The Bertz CT molecular complexity index is 921. The van der Waals surface area contributed by atoms with Gasteiger partial charge in [-0.05, 0) is 43.5 Å². The molecule has 128 valence electrons. The fourth-order valence-corrected chi connectivity index (χ4v) is 4.07. The highest BCUT2D eigenvalue weighted by molar-refractivity contribution is 8.00. The van der Waals surface area contributed by atoms with Crippen LogP contribution >= 0.6 is 34.7 Å². The molecule has 2 aromatic carbocycles. The number of rotatable bonds is 3. The summed E-state index contributed by atoms with van der Waals surface area (Å²) >= 11 is 9.19. The number of fused-ring (bicyclic) bond motifs is 1. The molecule has 0 aliphatic heterocycles. The molecule has 3 aromatic rings. The van der Waals surface area contributed by atoms with E-state index in [1.54, 1.807) is 35.2 Å². The van der Waals surface area contributed by atoms with Crippen molar-refractivity contribution in [3.8, 4) is 0 Å². The molecule has 0 aliphatic rings. The molecule has 8 heteroatoms. The van der Waals surface area contributed by atoms with Crippen molar-refractivity contribution in [2.75, 3.05) is 13.4 Å². The Balaban J connectivity index is 0.000000174. The third kappa shape index (κ3) is 4.94. The van der Waals surface area contributed by atoms with Crippen molar-refractivity contribution in [3.05, 3.63) is 53.1 Å². The van der Waals surface area contributed by atoms with Gasteiger partial charge in [0.2, 0.25) is 0 Å². The number of thioether (sulfide) groups is 1. The van der Waals surface area contributed by atoms with Crippen molar-refractivity contribution < 1.29 is 12.6 Å². The Morgan fingerprint density at radius 2 is 1.83 bits per heavy atom. The Hall–Kier alpha value is -1.12. The van der Waals surface area contributed by atoms with Gasteiger partial charge >= 0.3 is 0 Å². The highest BCUT2D eigenvalue weighted by atomic mass is 35.5. The third-order valence-electron chi connectivity index (χ3n) is 3.03. The summed E-state index contributed by atoms with van der Waals surface area (Å²) in [6.45, 7) is 1.89. The molecule has 1 aromatic heterocycles. The van der Waals surface area contributed by atoms with Crippen LogP contribution in [0.25, 0.3) is 10.2 Å². The van der Waals surface area contributed by atoms with Crippen LogP contribution in [0.3, 0.4) is 0 Å². The van der Waals surface area contributed by atoms with Gasteiger partial charge in [-0.2, -0.15) is 8.42 Å². The van der Waals surface area contributed by atoms with E-state index in [2.05, 4.69) is 9.17 Å². The van der Waals surface area contributed by atoms with Crippen molar-refractivity contribution in [3.63, 3.8) is 0 Å². The number of hydrogen-bond donors (Lipinski definition) is 0. The van der Waals surface area contributed by atoms with Crippen LogP contribution < -0.4 is 0 Å². The minimum atomic E-state index is -3.51. The lowest BCUT2D eigenvalue weighted by molar-refractivity contribution is 0.398. The first-order chi connectivity index (χ1) is 11.4. The van der Waals surface area contributed by atoms with Crippen LogP contribution in [0.4, 0.5) is 0 Å². The predicted octanol–water partition coefficient (Wildman–Crippen LogP) is 5.00. The Morgan fingerprint density at radius 1 is 1.17 bits per heavy atom. The van der Waals surface area contributed by atoms with E-state index in [0.29, 0.717) is 0 Å². The summed E-state index contributed by atoms with van der Waals surface area (Å²) in [7, 11) is -2.37. The summed E-state index contributed by atoms with van der Waals surface area (Å²) in [5.74, 6) is 0. The quantitative estimate of drug-likeness (QED) is 0.456. The second-order valence-electron chi connectivity index (χ2n) is 4.73. The van der Waals surface area contributed by atoms with Crippen molar-refractivity contribution in [2.45, 2.75) is 16.2 Å². The lowest BCUT2D eigenvalue weighted by Crippen LogP contribution is -2.02. The molecule has 0 saturated heterocycles. The minimum absolute atomic E-state index is 0.190. The van der Waals surface area contributed by atoms with E-state index in [0.717, 1.165) is 27.6 Å². The lowest BCUT2D eigenvalue weighted by atomic mass is 10.2. The van der Waals surface area contributed by atoms with Crippen LogP contribution in [0, 0.1) is 6.92 Å². The largest absolute Gasteiger partial charge is 0.296 e. The number of hydrogen-bond acceptors (Lipinski definition) is 6. The van der Waals surface area contributed by atoms with Gasteiger partial charge in [-0.25, -0.2) is 4.98 Å². The van der Waals surface area contributed by atoms with Gasteiger partial charge in [0, 0.05) is 5.02 Å². The molecule has 24 heavy (non-hydrogen) atoms. The molecule has 3 rings (SSSR count). The van der Waals surface area contributed by atoms with Crippen LogP contribution in [0.1, 0.15) is 5.56 Å². The van der Waals surface area contributed by atoms with Crippen LogP contribution in [0.2, 0.25) is 5.02 Å². The lowest BCUT2D eigenvalue weighted by Gasteiger charge is -2.00. The summed E-state index contributed by atoms with van der Waals surface area (Å²) in [4.78, 5) is 4.58. The average molecular weight is 402 g/mol. The molecule has 0 atom stereocenters. The number of halogens is 1. The monoisotopic (exact) mass is 401 g/mol. The SMILES string of the molecule is COS(=O)(=O)c1ccc(C)cc1.CSc1nc2cc(Cl)ccc2s1. The summed E-state index contributed by atoms with van der Waals surface area (Å²) in [6.07, 6.45) is 2.03. The van der Waals surface area contributed by atoms with E-state index in [1.807, 2.05) is 31.4 Å². The molecule has 0 fully saturated rings. The highest BCUT2D eigenvalue weighted by Gasteiger charge is 2.11. The number of aryl methyl sites for hydroxylation is 1. The van der Waals surface area contributed by atoms with Crippen molar-refractivity contribution in [1.29, 1.82) is 0 Å². The Morgan fingerprint density at radius 3 is 2.42 bits per heavy atom. The number of nitrogens with zero attached hydrogens (tertiary/aromatic N) is 1. The van der Waals surface area contributed by atoms with Gasteiger partial charge in [-0.1, -0.05) is 41.1 Å². The maximum atomic E-state index is 11.1. The van der Waals surface area contributed by atoms with Gasteiger partial charge in [0.05, 0.1) is 22.2 Å². The molecule has 4 nitrogen and oxygen atoms in total. The van der Waals surface area contributed by atoms with Crippen molar-refractivity contribution in [2.24, 2.45) is 0 Å². The maximum Gasteiger partial charge on any atom is 0.296 e. The second kappa shape index (κ2) is 8.31. The molecule has 0 radical (unpaired) electrons. The van der Waals surface area contributed by atoms with E-state index in [9.17, 15) is 8.42 Å². The van der Waals surface area contributed by atoms with Gasteiger partial charge in [-0.15, -0.1) is 11.3 Å². The zero-order valence-electron chi connectivity index (χ0n) is 13.3. The molecule has 0 bridgehead atoms. The van der Waals surface area contributed by atoms with E-state index >= 15 is 0 Å². The average Bonchev–Trinajstić information content (AvgIpc) is 2.98. The van der Waals surface area contributed by atoms with Crippen LogP contribution in [0.15, 0.2) is 51.7 Å². The maximum absolute atomic E-state index is 11.1. The highest BCUT2D eigenvalue weighted by Crippen LogP contribution is 2.29. The number of benzene rings is 2. The van der Waals surface area contributed by atoms with Gasteiger partial charge in [0.15, 0.2) is 4.34 Å². The Labute approximate surface area is 155 Å². The summed E-state index contributed by atoms with van der Waals surface area (Å²) in [5, 5.41) is 0.750. The standard InChI is InChI=1S/C8H6ClNS2.C8H10O3S/c1-11-8-10-6-4-5(9)2-3-7(6)12-8;1-7-3-5-8(6-4-7)12(9,10)11-2/h2-4H,1H3;3-6H,1-2H3. The molecule has 1 heterocycles. The van der Waals surface area contributed by atoms with Crippen LogP contribution in [0.5, 0.6) is 0 Å². The van der Waals surface area contributed by atoms with Crippen LogP contribution in [-0.2, 0) is 14.3 Å². The molecule has 0 spiro atoms. The number of aromatic nitrogens is 1. The van der Waals surface area contributed by atoms with E-state index in [-0.39, 0.29) is 4.90 Å². The number of thiazole rings is 1. The van der Waals surface area contributed by atoms with Gasteiger partial charge < -0.3 is 0 Å². The summed E-state index contributed by atoms with van der Waals surface area (Å²) < 4.78 is 28.8. The molecule has 0 amide bonds. The van der Waals surface area contributed by atoms with E-state index in [1.165, 1.54) is 16.8 Å². The zero-order valence-corrected chi connectivity index (χ0v) is 16.5. The summed E-state index contributed by atoms with van der Waals surface area (Å²) in [6, 6.07) is 12.3. The minimum Gasteiger partial charge on any atom is -0.270 e. The molecule has 0 unspecified atom stereocenters. The van der Waals surface area contributed by atoms with E-state index < -0.39 is 10.1 Å². The van der Waals surface area contributed by atoms with Gasteiger partial charge in [0.25, 0.3) is 10.1 Å². The van der Waals surface area contributed by atoms with Crippen molar-refractivity contribution in [1.82, 2.24) is 4.98 Å². The van der Waals surface area contributed by atoms with Crippen molar-refractivity contribution >= 4 is 55.0 Å². The first-order valence-corrected chi connectivity index (χ1v) is 10.7. The molecule has 0 aliphatic carbocycles. The third-order valence-corrected chi connectivity index (χ3v) is 6.58. The Kier molecular flexibility index (Phi) is 6.65. The first-order valence-electron chi connectivity index (χ1n) is 6.83.